The molecule has 0 bridgehead atoms. The van der Waals surface area contributed by atoms with Gasteiger partial charge in [0.2, 0.25) is 5.91 Å². The molecular formula is C21H24N4O3. The second-order valence-electron chi connectivity index (χ2n) is 6.83. The average molecular weight is 380 g/mol. The number of benzene rings is 2. The fourth-order valence-electron chi connectivity index (χ4n) is 3.10. The Hall–Kier alpha value is -3.35. The predicted octanol–water partition coefficient (Wildman–Crippen LogP) is 3.83. The van der Waals surface area contributed by atoms with Gasteiger partial charge in [0.25, 0.3) is 5.91 Å². The summed E-state index contributed by atoms with van der Waals surface area (Å²) in [5.41, 5.74) is 2.93. The van der Waals surface area contributed by atoms with Crippen molar-refractivity contribution < 1.29 is 14.4 Å². The van der Waals surface area contributed by atoms with Crippen LogP contribution in [-0.2, 0) is 4.79 Å². The number of urea groups is 1. The van der Waals surface area contributed by atoms with Crippen LogP contribution < -0.4 is 16.0 Å². The topological polar surface area (TPSA) is 90.5 Å². The van der Waals surface area contributed by atoms with Gasteiger partial charge in [0.15, 0.2) is 0 Å². The van der Waals surface area contributed by atoms with Gasteiger partial charge in [-0.2, -0.15) is 0 Å². The maximum absolute atomic E-state index is 12.7. The van der Waals surface area contributed by atoms with Crippen LogP contribution in [0.3, 0.4) is 0 Å². The van der Waals surface area contributed by atoms with Crippen LogP contribution in [0.25, 0.3) is 0 Å². The van der Waals surface area contributed by atoms with Gasteiger partial charge in [0.05, 0.1) is 11.4 Å². The van der Waals surface area contributed by atoms with E-state index >= 15 is 0 Å². The van der Waals surface area contributed by atoms with Crippen molar-refractivity contribution in [2.24, 2.45) is 0 Å². The SMILES string of the molecule is CC(=O)Nc1cc(C(=O)Nc2ccccc2NC(=O)N2CCCC2)ccc1C. The number of likely N-dealkylation sites (tertiary alicyclic amines) is 1. The largest absolute Gasteiger partial charge is 0.326 e. The van der Waals surface area contributed by atoms with E-state index in [1.165, 1.54) is 6.92 Å². The van der Waals surface area contributed by atoms with Gasteiger partial charge in [-0.05, 0) is 49.6 Å². The molecule has 0 radical (unpaired) electrons. The van der Waals surface area contributed by atoms with Gasteiger partial charge in [-0.1, -0.05) is 18.2 Å². The summed E-state index contributed by atoms with van der Waals surface area (Å²) in [6.07, 6.45) is 2.02. The molecule has 2 aromatic rings. The van der Waals surface area contributed by atoms with Gasteiger partial charge >= 0.3 is 6.03 Å². The Labute approximate surface area is 164 Å². The number of para-hydroxylation sites is 2. The van der Waals surface area contributed by atoms with Crippen molar-refractivity contribution in [1.29, 1.82) is 0 Å². The quantitative estimate of drug-likeness (QED) is 0.753. The summed E-state index contributed by atoms with van der Waals surface area (Å²) < 4.78 is 0. The van der Waals surface area contributed by atoms with Gasteiger partial charge in [-0.15, -0.1) is 0 Å². The van der Waals surface area contributed by atoms with Crippen molar-refractivity contribution in [3.8, 4) is 0 Å². The van der Waals surface area contributed by atoms with Crippen LogP contribution in [0, 0.1) is 6.92 Å². The van der Waals surface area contributed by atoms with Crippen LogP contribution >= 0.6 is 0 Å². The molecule has 2 aromatic carbocycles. The number of rotatable bonds is 4. The molecule has 3 N–H and O–H groups in total. The predicted molar refractivity (Wildman–Crippen MR) is 110 cm³/mol. The zero-order valence-corrected chi connectivity index (χ0v) is 16.0. The molecule has 3 rings (SSSR count). The second kappa shape index (κ2) is 8.56. The number of hydrogen-bond acceptors (Lipinski definition) is 3. The van der Waals surface area contributed by atoms with Crippen LogP contribution in [0.5, 0.6) is 0 Å². The molecule has 0 unspecified atom stereocenters. The molecule has 1 heterocycles. The molecule has 1 aliphatic rings. The summed E-state index contributed by atoms with van der Waals surface area (Å²) in [4.78, 5) is 38.2. The first-order valence-electron chi connectivity index (χ1n) is 9.28. The van der Waals surface area contributed by atoms with Crippen LogP contribution in [0.4, 0.5) is 21.9 Å². The Kier molecular flexibility index (Phi) is 5.93. The number of nitrogens with zero attached hydrogens (tertiary/aromatic N) is 1. The van der Waals surface area contributed by atoms with Crippen molar-refractivity contribution in [2.75, 3.05) is 29.0 Å². The number of anilines is 3. The van der Waals surface area contributed by atoms with Crippen molar-refractivity contribution in [3.63, 3.8) is 0 Å². The van der Waals surface area contributed by atoms with Gasteiger partial charge in [-0.25, -0.2) is 4.79 Å². The molecule has 0 aliphatic carbocycles. The normalized spacial score (nSPS) is 13.1. The molecule has 1 saturated heterocycles. The lowest BCUT2D eigenvalue weighted by Crippen LogP contribution is -2.32. The Morgan fingerprint density at radius 3 is 2.14 bits per heavy atom. The molecule has 0 atom stereocenters. The minimum atomic E-state index is -0.325. The van der Waals surface area contributed by atoms with Gasteiger partial charge in [0, 0.05) is 31.3 Å². The molecule has 4 amide bonds. The summed E-state index contributed by atoms with van der Waals surface area (Å²) in [6, 6.07) is 12.0. The van der Waals surface area contributed by atoms with Gasteiger partial charge in [-0.3, -0.25) is 9.59 Å². The summed E-state index contributed by atoms with van der Waals surface area (Å²) >= 11 is 0. The Balaban J connectivity index is 1.75. The van der Waals surface area contributed by atoms with E-state index in [1.807, 2.05) is 6.92 Å². The summed E-state index contributed by atoms with van der Waals surface area (Å²) in [7, 11) is 0. The lowest BCUT2D eigenvalue weighted by molar-refractivity contribution is -0.114. The highest BCUT2D eigenvalue weighted by atomic mass is 16.2. The third kappa shape index (κ3) is 4.68. The highest BCUT2D eigenvalue weighted by Crippen LogP contribution is 2.24. The Morgan fingerprint density at radius 1 is 0.857 bits per heavy atom. The van der Waals surface area contributed by atoms with E-state index in [1.54, 1.807) is 47.4 Å². The number of carbonyl (C=O) groups excluding carboxylic acids is 3. The van der Waals surface area contributed by atoms with Crippen molar-refractivity contribution in [3.05, 3.63) is 53.6 Å². The van der Waals surface area contributed by atoms with Gasteiger partial charge in [0.1, 0.15) is 0 Å². The van der Waals surface area contributed by atoms with E-state index in [4.69, 9.17) is 0 Å². The molecule has 0 spiro atoms. The number of aryl methyl sites for hydroxylation is 1. The zero-order chi connectivity index (χ0) is 20.1. The minimum absolute atomic E-state index is 0.164. The van der Waals surface area contributed by atoms with Crippen molar-refractivity contribution >= 4 is 34.9 Å². The maximum atomic E-state index is 12.7. The number of hydrogen-bond donors (Lipinski definition) is 3. The fraction of sp³-hybridized carbons (Fsp3) is 0.286. The molecule has 0 aromatic heterocycles. The van der Waals surface area contributed by atoms with Crippen LogP contribution in [-0.4, -0.2) is 35.8 Å². The second-order valence-corrected chi connectivity index (χ2v) is 6.83. The van der Waals surface area contributed by atoms with Gasteiger partial charge < -0.3 is 20.9 Å². The molecule has 28 heavy (non-hydrogen) atoms. The zero-order valence-electron chi connectivity index (χ0n) is 16.0. The first-order valence-corrected chi connectivity index (χ1v) is 9.28. The van der Waals surface area contributed by atoms with E-state index in [-0.39, 0.29) is 17.8 Å². The third-order valence-corrected chi connectivity index (χ3v) is 4.62. The smallest absolute Gasteiger partial charge is 0.321 e. The highest BCUT2D eigenvalue weighted by molar-refractivity contribution is 6.08. The molecule has 1 aliphatic heterocycles. The highest BCUT2D eigenvalue weighted by Gasteiger charge is 2.19. The number of nitrogens with one attached hydrogen (secondary N) is 3. The first-order chi connectivity index (χ1) is 13.4. The molecule has 0 saturated carbocycles. The average Bonchev–Trinajstić information content (AvgIpc) is 3.19. The Bertz CT molecular complexity index is 904. The monoisotopic (exact) mass is 380 g/mol. The van der Waals surface area contributed by atoms with Crippen molar-refractivity contribution in [2.45, 2.75) is 26.7 Å². The van der Waals surface area contributed by atoms with Crippen LogP contribution in [0.2, 0.25) is 0 Å². The van der Waals surface area contributed by atoms with E-state index in [0.717, 1.165) is 31.5 Å². The fourth-order valence-corrected chi connectivity index (χ4v) is 3.10. The van der Waals surface area contributed by atoms with Crippen molar-refractivity contribution in [1.82, 2.24) is 4.90 Å². The molecule has 7 heteroatoms. The number of carbonyl (C=O) groups is 3. The lowest BCUT2D eigenvalue weighted by atomic mass is 10.1. The molecule has 7 nitrogen and oxygen atoms in total. The maximum Gasteiger partial charge on any atom is 0.321 e. The molecular weight excluding hydrogens is 356 g/mol. The standard InChI is InChI=1S/C21H24N4O3/c1-14-9-10-16(13-19(14)22-15(2)26)20(27)23-17-7-3-4-8-18(17)24-21(28)25-11-5-6-12-25/h3-4,7-10,13H,5-6,11-12H2,1-2H3,(H,22,26)(H,23,27)(H,24,28). The summed E-state index contributed by atoms with van der Waals surface area (Å²) in [5, 5.41) is 8.43. The third-order valence-electron chi connectivity index (χ3n) is 4.62. The summed E-state index contributed by atoms with van der Waals surface area (Å²) in [6.45, 7) is 4.77. The molecule has 146 valence electrons. The Morgan fingerprint density at radius 2 is 1.50 bits per heavy atom. The van der Waals surface area contributed by atoms with E-state index in [0.29, 0.717) is 22.6 Å². The van der Waals surface area contributed by atoms with E-state index in [9.17, 15) is 14.4 Å². The first kappa shape index (κ1) is 19.4. The lowest BCUT2D eigenvalue weighted by Gasteiger charge is -2.18. The molecule has 1 fully saturated rings. The van der Waals surface area contributed by atoms with E-state index < -0.39 is 0 Å². The van der Waals surface area contributed by atoms with Crippen LogP contribution in [0.15, 0.2) is 42.5 Å². The minimum Gasteiger partial charge on any atom is -0.326 e. The summed E-state index contributed by atoms with van der Waals surface area (Å²) in [5.74, 6) is -0.523. The van der Waals surface area contributed by atoms with Crippen LogP contribution in [0.1, 0.15) is 35.7 Å². The van der Waals surface area contributed by atoms with E-state index in [2.05, 4.69) is 16.0 Å². The number of amides is 4.